The highest BCUT2D eigenvalue weighted by Gasteiger charge is 2.37. The van der Waals surface area contributed by atoms with Gasteiger partial charge in [0.05, 0.1) is 7.11 Å². The normalized spacial score (nSPS) is 19.5. The van der Waals surface area contributed by atoms with Crippen LogP contribution in [0.5, 0.6) is 5.75 Å². The molecule has 1 saturated heterocycles. The number of aromatic amines is 1. The lowest BCUT2D eigenvalue weighted by molar-refractivity contribution is -0.123. The van der Waals surface area contributed by atoms with E-state index in [1.165, 1.54) is 0 Å². The molecule has 1 aromatic heterocycles. The second-order valence-electron chi connectivity index (χ2n) is 9.34. The van der Waals surface area contributed by atoms with Gasteiger partial charge in [-0.05, 0) is 59.1 Å². The Bertz CT molecular complexity index is 953. The van der Waals surface area contributed by atoms with Crippen LogP contribution in [0.15, 0.2) is 35.3 Å². The highest BCUT2D eigenvalue weighted by atomic mass is 16.5. The average molecular weight is 397 g/mol. The fourth-order valence-corrected chi connectivity index (χ4v) is 4.30. The molecule has 5 nitrogen and oxygen atoms in total. The van der Waals surface area contributed by atoms with Crippen molar-refractivity contribution in [3.63, 3.8) is 0 Å². The lowest BCUT2D eigenvalue weighted by Crippen LogP contribution is -2.24. The molecule has 2 aromatic rings. The Morgan fingerprint density at radius 3 is 2.48 bits per heavy atom. The van der Waals surface area contributed by atoms with Crippen LogP contribution >= 0.6 is 0 Å². The Labute approximate surface area is 172 Å². The molecular weight excluding hydrogens is 364 g/mol. The van der Waals surface area contributed by atoms with Crippen molar-refractivity contribution in [1.29, 1.82) is 0 Å². The summed E-state index contributed by atoms with van der Waals surface area (Å²) >= 11 is 0. The number of carbonyl (C=O) groups excluding carboxylic acids is 1. The third-order valence-electron chi connectivity index (χ3n) is 6.00. The standard InChI is InChI=1S/C24H32N2O3/c1-14(2)19-13-26-23(28)18(19)10-15-11-21(29-6)20(24(3,4)5)12-17(15)16-8-7-9-25-22(16)27/h7-9,11-12,14,18-19H,10,13H2,1-6H3,(H,25,27)(H,26,28)/t18-,19?/m0/s1. The monoisotopic (exact) mass is 396 g/mol. The molecule has 2 N–H and O–H groups in total. The van der Waals surface area contributed by atoms with E-state index in [0.29, 0.717) is 24.4 Å². The van der Waals surface area contributed by atoms with Gasteiger partial charge in [-0.25, -0.2) is 0 Å². The van der Waals surface area contributed by atoms with E-state index in [9.17, 15) is 9.59 Å². The summed E-state index contributed by atoms with van der Waals surface area (Å²) in [6.07, 6.45) is 2.22. The third-order valence-corrected chi connectivity index (χ3v) is 6.00. The molecule has 2 atom stereocenters. The Balaban J connectivity index is 2.18. The fraction of sp³-hybridized carbons (Fsp3) is 0.500. The summed E-state index contributed by atoms with van der Waals surface area (Å²) in [5, 5.41) is 3.02. The molecule has 156 valence electrons. The first-order chi connectivity index (χ1) is 13.6. The molecule has 0 radical (unpaired) electrons. The highest BCUT2D eigenvalue weighted by molar-refractivity contribution is 5.82. The van der Waals surface area contributed by atoms with E-state index in [0.717, 1.165) is 22.4 Å². The van der Waals surface area contributed by atoms with Crippen LogP contribution in [0.3, 0.4) is 0 Å². The molecule has 0 saturated carbocycles. The van der Waals surface area contributed by atoms with Crippen molar-refractivity contribution in [1.82, 2.24) is 10.3 Å². The lowest BCUT2D eigenvalue weighted by atomic mass is 9.78. The maximum atomic E-state index is 12.6. The first-order valence-corrected chi connectivity index (χ1v) is 10.3. The molecule has 2 heterocycles. The van der Waals surface area contributed by atoms with E-state index in [2.05, 4.69) is 51.0 Å². The molecule has 0 spiro atoms. The van der Waals surface area contributed by atoms with Crippen molar-refractivity contribution < 1.29 is 9.53 Å². The molecule has 1 aromatic carbocycles. The average Bonchev–Trinajstić information content (AvgIpc) is 3.02. The topological polar surface area (TPSA) is 71.2 Å². The molecule has 1 amide bonds. The zero-order valence-corrected chi connectivity index (χ0v) is 18.3. The van der Waals surface area contributed by atoms with Crippen LogP contribution in [-0.4, -0.2) is 24.5 Å². The Morgan fingerprint density at radius 2 is 1.90 bits per heavy atom. The molecule has 3 rings (SSSR count). The van der Waals surface area contributed by atoms with Crippen LogP contribution in [-0.2, 0) is 16.6 Å². The van der Waals surface area contributed by atoms with Gasteiger partial charge in [-0.3, -0.25) is 9.59 Å². The van der Waals surface area contributed by atoms with Gasteiger partial charge in [0, 0.05) is 29.8 Å². The van der Waals surface area contributed by atoms with Gasteiger partial charge in [-0.15, -0.1) is 0 Å². The number of ether oxygens (including phenoxy) is 1. The predicted octanol–water partition coefficient (Wildman–Crippen LogP) is 3.91. The fourth-order valence-electron chi connectivity index (χ4n) is 4.30. The van der Waals surface area contributed by atoms with Gasteiger partial charge in [-0.2, -0.15) is 0 Å². The Kier molecular flexibility index (Phi) is 5.87. The number of pyridine rings is 1. The predicted molar refractivity (Wildman–Crippen MR) is 116 cm³/mol. The largest absolute Gasteiger partial charge is 0.496 e. The summed E-state index contributed by atoms with van der Waals surface area (Å²) in [7, 11) is 1.67. The van der Waals surface area contributed by atoms with Crippen molar-refractivity contribution in [2.24, 2.45) is 17.8 Å². The zero-order valence-electron chi connectivity index (χ0n) is 18.3. The number of benzene rings is 1. The summed E-state index contributed by atoms with van der Waals surface area (Å²) in [5.74, 6) is 1.45. The van der Waals surface area contributed by atoms with Gasteiger partial charge >= 0.3 is 0 Å². The van der Waals surface area contributed by atoms with Crippen molar-refractivity contribution in [3.05, 3.63) is 51.9 Å². The highest BCUT2D eigenvalue weighted by Crippen LogP contribution is 2.39. The molecule has 1 aliphatic heterocycles. The van der Waals surface area contributed by atoms with Crippen LogP contribution in [0.25, 0.3) is 11.1 Å². The second-order valence-corrected chi connectivity index (χ2v) is 9.34. The van der Waals surface area contributed by atoms with E-state index in [4.69, 9.17) is 4.74 Å². The zero-order chi connectivity index (χ0) is 21.3. The number of aromatic nitrogens is 1. The van der Waals surface area contributed by atoms with Crippen molar-refractivity contribution in [2.75, 3.05) is 13.7 Å². The third kappa shape index (κ3) is 4.24. The van der Waals surface area contributed by atoms with Gasteiger partial charge in [0.15, 0.2) is 0 Å². The maximum Gasteiger partial charge on any atom is 0.255 e. The summed E-state index contributed by atoms with van der Waals surface area (Å²) in [6, 6.07) is 7.76. The van der Waals surface area contributed by atoms with Crippen LogP contribution in [0, 0.1) is 17.8 Å². The van der Waals surface area contributed by atoms with Gasteiger partial charge in [0.25, 0.3) is 5.56 Å². The van der Waals surface area contributed by atoms with Crippen LogP contribution in [0.1, 0.15) is 45.7 Å². The molecule has 1 unspecified atom stereocenters. The van der Waals surface area contributed by atoms with E-state index in [-0.39, 0.29) is 28.7 Å². The summed E-state index contributed by atoms with van der Waals surface area (Å²) in [4.78, 5) is 27.9. The SMILES string of the molecule is COc1cc(C[C@@H]2C(=O)NCC2C(C)C)c(-c2ccc[nH]c2=O)cc1C(C)(C)C. The van der Waals surface area contributed by atoms with Crippen molar-refractivity contribution >= 4 is 5.91 Å². The number of amides is 1. The van der Waals surface area contributed by atoms with Gasteiger partial charge in [-0.1, -0.05) is 34.6 Å². The Hall–Kier alpha value is -2.56. The van der Waals surface area contributed by atoms with Gasteiger partial charge in [0.1, 0.15) is 5.75 Å². The van der Waals surface area contributed by atoms with Crippen molar-refractivity contribution in [2.45, 2.75) is 46.5 Å². The van der Waals surface area contributed by atoms with Crippen LogP contribution in [0.2, 0.25) is 0 Å². The van der Waals surface area contributed by atoms with E-state index < -0.39 is 0 Å². The van der Waals surface area contributed by atoms with E-state index >= 15 is 0 Å². The Morgan fingerprint density at radius 1 is 1.17 bits per heavy atom. The lowest BCUT2D eigenvalue weighted by Gasteiger charge is -2.26. The minimum atomic E-state index is -0.147. The molecule has 5 heteroatoms. The second kappa shape index (κ2) is 8.05. The number of nitrogens with one attached hydrogen (secondary N) is 2. The first kappa shape index (κ1) is 21.2. The number of H-pyrrole nitrogens is 1. The summed E-state index contributed by atoms with van der Waals surface area (Å²) < 4.78 is 5.71. The number of hydrogen-bond acceptors (Lipinski definition) is 3. The van der Waals surface area contributed by atoms with E-state index in [1.807, 2.05) is 18.2 Å². The van der Waals surface area contributed by atoms with E-state index in [1.54, 1.807) is 13.3 Å². The first-order valence-electron chi connectivity index (χ1n) is 10.3. The molecule has 1 aliphatic rings. The molecule has 29 heavy (non-hydrogen) atoms. The molecule has 1 fully saturated rings. The number of carbonyl (C=O) groups is 1. The maximum absolute atomic E-state index is 12.6. The quantitative estimate of drug-likeness (QED) is 0.805. The van der Waals surface area contributed by atoms with Crippen LogP contribution in [0.4, 0.5) is 0 Å². The van der Waals surface area contributed by atoms with Crippen LogP contribution < -0.4 is 15.6 Å². The minimum Gasteiger partial charge on any atom is -0.496 e. The van der Waals surface area contributed by atoms with Gasteiger partial charge in [0.2, 0.25) is 5.91 Å². The smallest absolute Gasteiger partial charge is 0.255 e. The molecule has 0 bridgehead atoms. The number of hydrogen-bond donors (Lipinski definition) is 2. The molecule has 0 aliphatic carbocycles. The molecular formula is C24H32N2O3. The number of rotatable bonds is 5. The minimum absolute atomic E-state index is 0.0930. The summed E-state index contributed by atoms with van der Waals surface area (Å²) in [5.41, 5.74) is 3.23. The van der Waals surface area contributed by atoms with Crippen molar-refractivity contribution in [3.8, 4) is 16.9 Å². The van der Waals surface area contributed by atoms with Gasteiger partial charge < -0.3 is 15.0 Å². The number of methoxy groups -OCH3 is 1. The summed E-state index contributed by atoms with van der Waals surface area (Å²) in [6.45, 7) is 11.4.